The first-order valence-corrected chi connectivity index (χ1v) is 12.0. The van der Waals surface area contributed by atoms with E-state index in [-0.39, 0.29) is 17.7 Å². The fourth-order valence-corrected chi connectivity index (χ4v) is 5.34. The van der Waals surface area contributed by atoms with Gasteiger partial charge in [0, 0.05) is 50.3 Å². The van der Waals surface area contributed by atoms with Gasteiger partial charge in [-0.15, -0.1) is 0 Å². The van der Waals surface area contributed by atoms with E-state index in [0.29, 0.717) is 25.4 Å². The molecule has 1 saturated heterocycles. The average molecular weight is 429 g/mol. The van der Waals surface area contributed by atoms with E-state index in [1.165, 1.54) is 32.1 Å². The molecule has 7 nitrogen and oxygen atoms in total. The Hall–Kier alpha value is -2.02. The third-order valence-corrected chi connectivity index (χ3v) is 7.25. The lowest BCUT2D eigenvalue weighted by molar-refractivity contribution is -0.133. The van der Waals surface area contributed by atoms with E-state index in [4.69, 9.17) is 14.7 Å². The van der Waals surface area contributed by atoms with Crippen LogP contribution in [0.1, 0.15) is 80.8 Å². The highest BCUT2D eigenvalue weighted by atomic mass is 16.5. The summed E-state index contributed by atoms with van der Waals surface area (Å²) in [5.41, 5.74) is 2.16. The minimum absolute atomic E-state index is 0.159. The van der Waals surface area contributed by atoms with E-state index < -0.39 is 0 Å². The number of aryl methyl sites for hydroxylation is 1. The maximum absolute atomic E-state index is 12.8. The Bertz CT molecular complexity index is 798. The van der Waals surface area contributed by atoms with Crippen LogP contribution in [0.2, 0.25) is 0 Å². The summed E-state index contributed by atoms with van der Waals surface area (Å²) < 4.78 is 5.03. The molecule has 3 aliphatic rings. The van der Waals surface area contributed by atoms with E-state index in [9.17, 15) is 9.59 Å². The highest BCUT2D eigenvalue weighted by molar-refractivity contribution is 5.95. The van der Waals surface area contributed by atoms with Crippen LogP contribution in [0.3, 0.4) is 0 Å². The molecule has 0 aromatic carbocycles. The van der Waals surface area contributed by atoms with Crippen LogP contribution >= 0.6 is 0 Å². The molecule has 31 heavy (non-hydrogen) atoms. The predicted octanol–water partition coefficient (Wildman–Crippen LogP) is 3.39. The number of hydrogen-bond acceptors (Lipinski definition) is 5. The maximum atomic E-state index is 12.8. The topological polar surface area (TPSA) is 75.6 Å². The Morgan fingerprint density at radius 3 is 2.52 bits per heavy atom. The summed E-state index contributed by atoms with van der Waals surface area (Å²) in [6, 6.07) is 0. The number of nitrogens with zero attached hydrogens (tertiary/aromatic N) is 4. The second-order valence-electron chi connectivity index (χ2n) is 9.38. The fraction of sp³-hybridized carbons (Fsp3) is 0.750. The quantitative estimate of drug-likeness (QED) is 0.694. The van der Waals surface area contributed by atoms with Crippen molar-refractivity contribution in [3.63, 3.8) is 0 Å². The third-order valence-electron chi connectivity index (χ3n) is 7.25. The zero-order chi connectivity index (χ0) is 21.8. The van der Waals surface area contributed by atoms with Crippen LogP contribution in [0.25, 0.3) is 0 Å². The molecule has 2 aliphatic heterocycles. The van der Waals surface area contributed by atoms with Gasteiger partial charge in [0.25, 0.3) is 0 Å². The molecular weight excluding hydrogens is 392 g/mol. The fourth-order valence-electron chi connectivity index (χ4n) is 5.34. The second-order valence-corrected chi connectivity index (χ2v) is 9.38. The standard InChI is InChI=1S/C24H36N4O3/c1-17-20-8-9-22(30)28(16-18-6-4-3-5-7-18)24(20)26-23(25-17)19-10-13-27(14-11-19)21(29)12-15-31-2/h18-19H,3-16H2,1-2H3. The first kappa shape index (κ1) is 22.2. The van der Waals surface area contributed by atoms with Crippen LogP contribution in [0.15, 0.2) is 0 Å². The first-order chi connectivity index (χ1) is 15.1. The lowest BCUT2D eigenvalue weighted by atomic mass is 9.88. The maximum Gasteiger partial charge on any atom is 0.228 e. The van der Waals surface area contributed by atoms with E-state index in [0.717, 1.165) is 61.8 Å². The molecule has 1 aromatic heterocycles. The number of ether oxygens (including phenoxy) is 1. The summed E-state index contributed by atoms with van der Waals surface area (Å²) in [6.07, 6.45) is 9.77. The van der Waals surface area contributed by atoms with Crippen molar-refractivity contribution in [2.75, 3.05) is 38.3 Å². The normalized spacial score (nSPS) is 20.8. The van der Waals surface area contributed by atoms with Crippen LogP contribution in [-0.4, -0.2) is 60.0 Å². The molecule has 0 unspecified atom stereocenters. The lowest BCUT2D eigenvalue weighted by Gasteiger charge is -2.35. The smallest absolute Gasteiger partial charge is 0.228 e. The van der Waals surface area contributed by atoms with E-state index >= 15 is 0 Å². The van der Waals surface area contributed by atoms with Crippen LogP contribution in [0.5, 0.6) is 0 Å². The molecule has 0 spiro atoms. The summed E-state index contributed by atoms with van der Waals surface area (Å²) >= 11 is 0. The largest absolute Gasteiger partial charge is 0.384 e. The summed E-state index contributed by atoms with van der Waals surface area (Å²) in [6.45, 7) is 4.79. The SMILES string of the molecule is COCCC(=O)N1CCC(c2nc(C)c3c(n2)N(CC2CCCCC2)C(=O)CC3)CC1. The number of piperidine rings is 1. The molecule has 0 atom stereocenters. The van der Waals surface area contributed by atoms with Gasteiger partial charge in [0.2, 0.25) is 11.8 Å². The Morgan fingerprint density at radius 1 is 1.06 bits per heavy atom. The number of aromatic nitrogens is 2. The number of carbonyl (C=O) groups excluding carboxylic acids is 2. The minimum Gasteiger partial charge on any atom is -0.384 e. The van der Waals surface area contributed by atoms with Crippen molar-refractivity contribution in [1.82, 2.24) is 14.9 Å². The van der Waals surface area contributed by atoms with Crippen LogP contribution in [0.4, 0.5) is 5.82 Å². The van der Waals surface area contributed by atoms with Gasteiger partial charge in [0.1, 0.15) is 11.6 Å². The van der Waals surface area contributed by atoms with Crippen molar-refractivity contribution in [3.8, 4) is 0 Å². The van der Waals surface area contributed by atoms with Crippen molar-refractivity contribution in [1.29, 1.82) is 0 Å². The molecule has 1 aromatic rings. The van der Waals surface area contributed by atoms with E-state index in [1.807, 2.05) is 9.80 Å². The van der Waals surface area contributed by atoms with Crippen LogP contribution < -0.4 is 4.90 Å². The number of methoxy groups -OCH3 is 1. The molecular formula is C24H36N4O3. The molecule has 1 saturated carbocycles. The predicted molar refractivity (Wildman–Crippen MR) is 119 cm³/mol. The van der Waals surface area contributed by atoms with Gasteiger partial charge >= 0.3 is 0 Å². The molecule has 2 fully saturated rings. The molecule has 1 aliphatic carbocycles. The lowest BCUT2D eigenvalue weighted by Crippen LogP contribution is -2.41. The highest BCUT2D eigenvalue weighted by Crippen LogP contribution is 2.34. The molecule has 4 rings (SSSR count). The Labute approximate surface area is 185 Å². The van der Waals surface area contributed by atoms with Crippen LogP contribution in [-0.2, 0) is 20.7 Å². The van der Waals surface area contributed by atoms with Gasteiger partial charge in [-0.05, 0) is 44.9 Å². The third kappa shape index (κ3) is 5.08. The van der Waals surface area contributed by atoms with Crippen molar-refractivity contribution in [3.05, 3.63) is 17.1 Å². The van der Waals surface area contributed by atoms with Crippen molar-refractivity contribution in [2.45, 2.75) is 77.0 Å². The Kier molecular flexibility index (Phi) is 7.20. The molecule has 170 valence electrons. The van der Waals surface area contributed by atoms with Gasteiger partial charge in [0.15, 0.2) is 0 Å². The zero-order valence-corrected chi connectivity index (χ0v) is 19.1. The zero-order valence-electron chi connectivity index (χ0n) is 19.1. The van der Waals surface area contributed by atoms with Gasteiger partial charge in [0.05, 0.1) is 13.0 Å². The number of amides is 2. The molecule has 2 amide bonds. The van der Waals surface area contributed by atoms with Crippen molar-refractivity contribution in [2.24, 2.45) is 5.92 Å². The minimum atomic E-state index is 0.159. The van der Waals surface area contributed by atoms with Crippen LogP contribution in [0, 0.1) is 12.8 Å². The van der Waals surface area contributed by atoms with E-state index in [1.54, 1.807) is 7.11 Å². The highest BCUT2D eigenvalue weighted by Gasteiger charge is 2.32. The van der Waals surface area contributed by atoms with Gasteiger partial charge < -0.3 is 9.64 Å². The number of fused-ring (bicyclic) bond motifs is 1. The molecule has 0 radical (unpaired) electrons. The van der Waals surface area contributed by atoms with Gasteiger partial charge in [-0.1, -0.05) is 19.3 Å². The van der Waals surface area contributed by atoms with Gasteiger partial charge in [-0.2, -0.15) is 0 Å². The number of likely N-dealkylation sites (tertiary alicyclic amines) is 1. The van der Waals surface area contributed by atoms with Gasteiger partial charge in [-0.25, -0.2) is 9.97 Å². The second kappa shape index (κ2) is 10.1. The molecule has 0 bridgehead atoms. The number of anilines is 1. The summed E-state index contributed by atoms with van der Waals surface area (Å²) in [5, 5.41) is 0. The molecule has 7 heteroatoms. The number of hydrogen-bond donors (Lipinski definition) is 0. The summed E-state index contributed by atoms with van der Waals surface area (Å²) in [5.74, 6) is 2.91. The number of rotatable bonds is 6. The monoisotopic (exact) mass is 428 g/mol. The van der Waals surface area contributed by atoms with Crippen molar-refractivity contribution < 1.29 is 14.3 Å². The van der Waals surface area contributed by atoms with Gasteiger partial charge in [-0.3, -0.25) is 14.5 Å². The molecule has 3 heterocycles. The van der Waals surface area contributed by atoms with E-state index in [2.05, 4.69) is 6.92 Å². The summed E-state index contributed by atoms with van der Waals surface area (Å²) in [4.78, 5) is 38.9. The van der Waals surface area contributed by atoms with Crippen molar-refractivity contribution >= 4 is 17.6 Å². The Balaban J connectivity index is 1.48. The average Bonchev–Trinajstić information content (AvgIpc) is 2.80. The summed E-state index contributed by atoms with van der Waals surface area (Å²) in [7, 11) is 1.62. The first-order valence-electron chi connectivity index (χ1n) is 12.0. The number of carbonyl (C=O) groups is 2. The Morgan fingerprint density at radius 2 is 1.81 bits per heavy atom. The molecule has 0 N–H and O–H groups in total.